The van der Waals surface area contributed by atoms with E-state index < -0.39 is 12.6 Å². The summed E-state index contributed by atoms with van der Waals surface area (Å²) in [6.07, 6.45) is -3.59. The maximum absolute atomic E-state index is 13.2. The number of aromatic nitrogens is 2. The average Bonchev–Trinajstić information content (AvgIpc) is 3.04. The molecule has 0 unspecified atom stereocenters. The van der Waals surface area contributed by atoms with Crippen LogP contribution in [0.1, 0.15) is 18.7 Å². The molecule has 2 heterocycles. The highest BCUT2D eigenvalue weighted by Gasteiger charge is 2.31. The molecule has 1 aliphatic rings. The van der Waals surface area contributed by atoms with Gasteiger partial charge in [0, 0.05) is 37.4 Å². The molecule has 1 aromatic heterocycles. The van der Waals surface area contributed by atoms with Gasteiger partial charge < -0.3 is 13.6 Å². The number of halogens is 3. The second-order valence-electron chi connectivity index (χ2n) is 7.56. The highest BCUT2D eigenvalue weighted by atomic mass is 32.2. The van der Waals surface area contributed by atoms with Gasteiger partial charge in [0.05, 0.1) is 11.0 Å². The van der Waals surface area contributed by atoms with Gasteiger partial charge in [-0.2, -0.15) is 13.2 Å². The quantitative estimate of drug-likeness (QED) is 0.464. The lowest BCUT2D eigenvalue weighted by Gasteiger charge is -2.24. The average molecular weight is 436 g/mol. The lowest BCUT2D eigenvalue weighted by Crippen LogP contribution is -2.23. The summed E-state index contributed by atoms with van der Waals surface area (Å²) in [5.41, 5.74) is 2.24. The highest BCUT2D eigenvalue weighted by molar-refractivity contribution is 8.00. The fourth-order valence-electron chi connectivity index (χ4n) is 3.76. The third-order valence-corrected chi connectivity index (χ3v) is 6.27. The van der Waals surface area contributed by atoms with Gasteiger partial charge in [0.2, 0.25) is 0 Å². The van der Waals surface area contributed by atoms with E-state index in [1.165, 1.54) is 0 Å². The Kier molecular flexibility index (Phi) is 6.24. The van der Waals surface area contributed by atoms with Crippen molar-refractivity contribution < 1.29 is 17.9 Å². The zero-order valence-corrected chi connectivity index (χ0v) is 17.5. The third kappa shape index (κ3) is 5.10. The van der Waals surface area contributed by atoms with E-state index in [2.05, 4.69) is 4.98 Å². The molecule has 0 amide bonds. The Morgan fingerprint density at radius 2 is 1.87 bits per heavy atom. The van der Waals surface area contributed by atoms with E-state index in [0.717, 1.165) is 28.9 Å². The standard InChI is InChI=1S/C22H24F3N3OS/c1-27(30-18-5-3-2-4-6-18)17-7-8-20-19(13-17)26-21(14-22(23,24)25)28(20)15-16-9-11-29-12-10-16/h2-8,13,16H,9-12,14-15H2,1H3. The van der Waals surface area contributed by atoms with Gasteiger partial charge >= 0.3 is 6.18 Å². The monoisotopic (exact) mass is 435 g/mol. The minimum atomic E-state index is -4.29. The van der Waals surface area contributed by atoms with Crippen LogP contribution < -0.4 is 4.31 Å². The van der Waals surface area contributed by atoms with Crippen LogP contribution in [0.5, 0.6) is 0 Å². The van der Waals surface area contributed by atoms with E-state index in [1.54, 1.807) is 16.5 Å². The molecule has 1 fully saturated rings. The molecule has 0 spiro atoms. The first-order valence-corrected chi connectivity index (χ1v) is 10.8. The second-order valence-corrected chi connectivity index (χ2v) is 8.76. The van der Waals surface area contributed by atoms with Gasteiger partial charge in [-0.3, -0.25) is 0 Å². The first kappa shape index (κ1) is 21.1. The summed E-state index contributed by atoms with van der Waals surface area (Å²) in [5.74, 6) is 0.388. The normalized spacial score (nSPS) is 15.6. The molecule has 4 rings (SSSR count). The van der Waals surface area contributed by atoms with Gasteiger partial charge in [-0.25, -0.2) is 4.98 Å². The number of hydrogen-bond acceptors (Lipinski definition) is 4. The van der Waals surface area contributed by atoms with Crippen LogP contribution >= 0.6 is 11.9 Å². The molecule has 1 aliphatic heterocycles. The van der Waals surface area contributed by atoms with Crippen molar-refractivity contribution in [3.05, 3.63) is 54.4 Å². The van der Waals surface area contributed by atoms with Crippen molar-refractivity contribution in [1.82, 2.24) is 9.55 Å². The molecule has 1 saturated heterocycles. The van der Waals surface area contributed by atoms with Crippen LogP contribution in [-0.2, 0) is 17.7 Å². The highest BCUT2D eigenvalue weighted by Crippen LogP contribution is 2.32. The lowest BCUT2D eigenvalue weighted by atomic mass is 10.00. The Bertz CT molecular complexity index is 984. The fraction of sp³-hybridized carbons (Fsp3) is 0.409. The number of nitrogens with zero attached hydrogens (tertiary/aromatic N) is 3. The molecule has 3 aromatic rings. The van der Waals surface area contributed by atoms with Crippen molar-refractivity contribution in [2.75, 3.05) is 24.6 Å². The van der Waals surface area contributed by atoms with Crippen LogP contribution in [0.25, 0.3) is 11.0 Å². The van der Waals surface area contributed by atoms with Gasteiger partial charge in [0.15, 0.2) is 0 Å². The predicted molar refractivity (Wildman–Crippen MR) is 114 cm³/mol. The first-order chi connectivity index (χ1) is 14.4. The van der Waals surface area contributed by atoms with Gasteiger partial charge in [0.1, 0.15) is 12.2 Å². The minimum absolute atomic E-state index is 0.0829. The van der Waals surface area contributed by atoms with E-state index in [4.69, 9.17) is 4.74 Å². The maximum atomic E-state index is 13.2. The maximum Gasteiger partial charge on any atom is 0.396 e. The van der Waals surface area contributed by atoms with E-state index in [-0.39, 0.29) is 5.82 Å². The zero-order valence-electron chi connectivity index (χ0n) is 16.7. The topological polar surface area (TPSA) is 30.3 Å². The van der Waals surface area contributed by atoms with Gasteiger partial charge in [-0.15, -0.1) is 0 Å². The summed E-state index contributed by atoms with van der Waals surface area (Å²) in [7, 11) is 1.94. The van der Waals surface area contributed by atoms with Crippen molar-refractivity contribution in [2.24, 2.45) is 5.92 Å². The van der Waals surface area contributed by atoms with Crippen molar-refractivity contribution >= 4 is 28.7 Å². The van der Waals surface area contributed by atoms with Crippen LogP contribution in [0.2, 0.25) is 0 Å². The van der Waals surface area contributed by atoms with Gasteiger partial charge in [-0.1, -0.05) is 18.2 Å². The SMILES string of the molecule is CN(Sc1ccccc1)c1ccc2c(c1)nc(CC(F)(F)F)n2CC1CCOCC1. The van der Waals surface area contributed by atoms with E-state index in [1.807, 2.05) is 59.9 Å². The number of alkyl halides is 3. The predicted octanol–water partition coefficient (Wildman–Crippen LogP) is 5.71. The summed E-state index contributed by atoms with van der Waals surface area (Å²) >= 11 is 1.56. The van der Waals surface area contributed by atoms with E-state index in [9.17, 15) is 13.2 Å². The Morgan fingerprint density at radius 3 is 2.57 bits per heavy atom. The molecule has 0 radical (unpaired) electrons. The van der Waals surface area contributed by atoms with Crippen molar-refractivity contribution in [1.29, 1.82) is 0 Å². The molecule has 0 aliphatic carbocycles. The largest absolute Gasteiger partial charge is 0.396 e. The van der Waals surface area contributed by atoms with E-state index in [0.29, 0.717) is 31.2 Å². The number of ether oxygens (including phenoxy) is 1. The van der Waals surface area contributed by atoms with Gasteiger partial charge in [-0.05, 0) is 61.0 Å². The molecular formula is C22H24F3N3OS. The van der Waals surface area contributed by atoms with Gasteiger partial charge in [0.25, 0.3) is 0 Å². The Morgan fingerprint density at radius 1 is 1.13 bits per heavy atom. The van der Waals surface area contributed by atoms with Crippen LogP contribution in [0.3, 0.4) is 0 Å². The fourth-order valence-corrected chi connectivity index (χ4v) is 4.58. The van der Waals surface area contributed by atoms with Crippen LogP contribution in [-0.4, -0.2) is 36.0 Å². The van der Waals surface area contributed by atoms with Crippen molar-refractivity contribution in [3.63, 3.8) is 0 Å². The van der Waals surface area contributed by atoms with Crippen LogP contribution in [0.15, 0.2) is 53.4 Å². The molecule has 2 aromatic carbocycles. The smallest absolute Gasteiger partial charge is 0.381 e. The molecule has 4 nitrogen and oxygen atoms in total. The minimum Gasteiger partial charge on any atom is -0.381 e. The van der Waals surface area contributed by atoms with Crippen LogP contribution in [0.4, 0.5) is 18.9 Å². The number of hydrogen-bond donors (Lipinski definition) is 0. The lowest BCUT2D eigenvalue weighted by molar-refractivity contribution is -0.129. The zero-order chi connectivity index (χ0) is 21.1. The van der Waals surface area contributed by atoms with Crippen molar-refractivity contribution in [3.8, 4) is 0 Å². The first-order valence-electron chi connectivity index (χ1n) is 9.99. The molecule has 8 heteroatoms. The number of imidazole rings is 1. The summed E-state index contributed by atoms with van der Waals surface area (Å²) in [5, 5.41) is 0. The molecular weight excluding hydrogens is 411 g/mol. The number of rotatable bonds is 6. The second kappa shape index (κ2) is 8.89. The third-order valence-electron chi connectivity index (χ3n) is 5.30. The Labute approximate surface area is 178 Å². The molecule has 160 valence electrons. The molecule has 0 saturated carbocycles. The Balaban J connectivity index is 1.64. The molecule has 0 N–H and O–H groups in total. The molecule has 30 heavy (non-hydrogen) atoms. The number of fused-ring (bicyclic) bond motifs is 1. The van der Waals surface area contributed by atoms with Crippen LogP contribution in [0, 0.1) is 5.92 Å². The summed E-state index contributed by atoms with van der Waals surface area (Å²) in [6.45, 7) is 1.87. The van der Waals surface area contributed by atoms with E-state index >= 15 is 0 Å². The number of benzene rings is 2. The summed E-state index contributed by atoms with van der Waals surface area (Å²) in [4.78, 5) is 5.48. The molecule has 0 bridgehead atoms. The number of anilines is 1. The Hall–Kier alpha value is -2.19. The van der Waals surface area contributed by atoms with Crippen molar-refractivity contribution in [2.45, 2.75) is 36.9 Å². The molecule has 0 atom stereocenters. The summed E-state index contributed by atoms with van der Waals surface area (Å²) < 4.78 is 48.7. The summed E-state index contributed by atoms with van der Waals surface area (Å²) in [6, 6.07) is 15.6.